The van der Waals surface area contributed by atoms with Crippen LogP contribution in [0.1, 0.15) is 36.5 Å². The van der Waals surface area contributed by atoms with Crippen molar-refractivity contribution in [3.8, 4) is 0 Å². The molecule has 1 aliphatic rings. The summed E-state index contributed by atoms with van der Waals surface area (Å²) in [4.78, 5) is 54.6. The number of imide groups is 1. The predicted molar refractivity (Wildman–Crippen MR) is 153 cm³/mol. The third kappa shape index (κ3) is 7.79. The number of aliphatic carboxylic acids is 1. The molecule has 0 aliphatic carbocycles. The second kappa shape index (κ2) is 14.2. The molecule has 0 aromatic heterocycles. The van der Waals surface area contributed by atoms with Crippen LogP contribution in [-0.4, -0.2) is 63.5 Å². The number of carbonyl (C=O) groups excluding carboxylic acids is 3. The van der Waals surface area contributed by atoms with Crippen molar-refractivity contribution >= 4 is 23.9 Å². The lowest BCUT2D eigenvalue weighted by Gasteiger charge is -2.27. The minimum absolute atomic E-state index is 0.0775. The molecule has 0 bridgehead atoms. The summed E-state index contributed by atoms with van der Waals surface area (Å²) in [6, 6.07) is 24.3. The number of rotatable bonds is 13. The summed E-state index contributed by atoms with van der Waals surface area (Å²) >= 11 is 0. The van der Waals surface area contributed by atoms with Crippen LogP contribution in [0.5, 0.6) is 0 Å². The number of amides is 3. The number of carboxylic acids is 1. The standard InChI is InChI=1S/C32H35N3O6/c1-2-26(29(36)35-28(30(37)38)21-34(32(35)40)20-24-14-8-4-9-15-24)33-27(19-18-23-12-6-3-7-13-23)31(39)41-22-25-16-10-5-11-17-25/h3-17,26-28,33H,2,18-22H2,1H3,(H,37,38). The van der Waals surface area contributed by atoms with E-state index in [0.717, 1.165) is 21.6 Å². The molecule has 1 saturated heterocycles. The topological polar surface area (TPSA) is 116 Å². The van der Waals surface area contributed by atoms with E-state index in [1.54, 1.807) is 6.92 Å². The summed E-state index contributed by atoms with van der Waals surface area (Å²) in [5.74, 6) is -2.47. The summed E-state index contributed by atoms with van der Waals surface area (Å²) in [5.41, 5.74) is 2.68. The molecule has 0 spiro atoms. The molecule has 2 N–H and O–H groups in total. The first-order valence-corrected chi connectivity index (χ1v) is 13.8. The summed E-state index contributed by atoms with van der Waals surface area (Å²) < 4.78 is 5.60. The van der Waals surface area contributed by atoms with Gasteiger partial charge in [0.05, 0.1) is 12.6 Å². The third-order valence-corrected chi connectivity index (χ3v) is 7.10. The zero-order valence-electron chi connectivity index (χ0n) is 23.0. The Hall–Kier alpha value is -4.50. The highest BCUT2D eigenvalue weighted by atomic mass is 16.5. The predicted octanol–water partition coefficient (Wildman–Crippen LogP) is 4.02. The van der Waals surface area contributed by atoms with E-state index in [4.69, 9.17) is 4.74 Å². The number of esters is 1. The lowest BCUT2D eigenvalue weighted by atomic mass is 10.0. The number of hydrogen-bond acceptors (Lipinski definition) is 6. The van der Waals surface area contributed by atoms with E-state index in [1.807, 2.05) is 91.0 Å². The van der Waals surface area contributed by atoms with E-state index in [2.05, 4.69) is 5.32 Å². The SMILES string of the molecule is CCC(NC(CCc1ccccc1)C(=O)OCc1ccccc1)C(=O)N1C(=O)N(Cc2ccccc2)CC1C(=O)O. The van der Waals surface area contributed by atoms with Gasteiger partial charge in [-0.2, -0.15) is 0 Å². The van der Waals surface area contributed by atoms with E-state index in [9.17, 15) is 24.3 Å². The smallest absolute Gasteiger partial charge is 0.328 e. The Morgan fingerprint density at radius 2 is 1.44 bits per heavy atom. The van der Waals surface area contributed by atoms with Gasteiger partial charge in [-0.15, -0.1) is 0 Å². The molecule has 3 unspecified atom stereocenters. The number of ether oxygens (including phenoxy) is 1. The number of carboxylic acid groups (broad SMARTS) is 1. The fraction of sp³-hybridized carbons (Fsp3) is 0.312. The third-order valence-electron chi connectivity index (χ3n) is 7.10. The number of benzene rings is 3. The molecule has 41 heavy (non-hydrogen) atoms. The Morgan fingerprint density at radius 1 is 0.878 bits per heavy atom. The van der Waals surface area contributed by atoms with E-state index < -0.39 is 42.0 Å². The minimum atomic E-state index is -1.33. The number of nitrogens with zero attached hydrogens (tertiary/aromatic N) is 2. The summed E-state index contributed by atoms with van der Waals surface area (Å²) in [6.45, 7) is 1.88. The maximum Gasteiger partial charge on any atom is 0.328 e. The Kier molecular flexibility index (Phi) is 10.2. The van der Waals surface area contributed by atoms with Crippen molar-refractivity contribution in [1.82, 2.24) is 15.1 Å². The van der Waals surface area contributed by atoms with Crippen molar-refractivity contribution in [2.45, 2.75) is 57.5 Å². The summed E-state index contributed by atoms with van der Waals surface area (Å²) in [6.07, 6.45) is 1.13. The van der Waals surface area contributed by atoms with Gasteiger partial charge >= 0.3 is 18.0 Å². The minimum Gasteiger partial charge on any atom is -0.480 e. The monoisotopic (exact) mass is 557 g/mol. The molecular formula is C32H35N3O6. The van der Waals surface area contributed by atoms with E-state index in [-0.39, 0.29) is 26.1 Å². The Bertz CT molecular complexity index is 1320. The first-order valence-electron chi connectivity index (χ1n) is 13.8. The second-order valence-electron chi connectivity index (χ2n) is 10.0. The van der Waals surface area contributed by atoms with Crippen molar-refractivity contribution in [3.05, 3.63) is 108 Å². The van der Waals surface area contributed by atoms with Gasteiger partial charge in [0.1, 0.15) is 12.6 Å². The van der Waals surface area contributed by atoms with Crippen LogP contribution in [0.15, 0.2) is 91.0 Å². The highest BCUT2D eigenvalue weighted by Gasteiger charge is 2.47. The maximum atomic E-state index is 13.7. The van der Waals surface area contributed by atoms with Gasteiger partial charge in [0.15, 0.2) is 6.04 Å². The first-order chi connectivity index (χ1) is 19.9. The molecule has 3 atom stereocenters. The number of aryl methyl sites for hydroxylation is 1. The molecule has 1 heterocycles. The molecule has 3 aromatic rings. The molecule has 0 radical (unpaired) electrons. The van der Waals surface area contributed by atoms with Crippen LogP contribution in [0.2, 0.25) is 0 Å². The van der Waals surface area contributed by atoms with Gasteiger partial charge in [-0.3, -0.25) is 14.9 Å². The van der Waals surface area contributed by atoms with Crippen LogP contribution in [0.3, 0.4) is 0 Å². The summed E-state index contributed by atoms with van der Waals surface area (Å²) in [5, 5.41) is 13.0. The van der Waals surface area contributed by atoms with Gasteiger partial charge in [-0.05, 0) is 36.0 Å². The van der Waals surface area contributed by atoms with Gasteiger partial charge in [0.25, 0.3) is 0 Å². The Balaban J connectivity index is 1.50. The zero-order chi connectivity index (χ0) is 29.2. The van der Waals surface area contributed by atoms with Gasteiger partial charge in [0.2, 0.25) is 5.91 Å². The molecule has 9 nitrogen and oxygen atoms in total. The molecule has 3 amide bonds. The molecule has 0 saturated carbocycles. The van der Waals surface area contributed by atoms with Gasteiger partial charge in [-0.1, -0.05) is 97.9 Å². The fourth-order valence-electron chi connectivity index (χ4n) is 4.86. The molecule has 1 fully saturated rings. The van der Waals surface area contributed by atoms with Crippen molar-refractivity contribution in [2.24, 2.45) is 0 Å². The Morgan fingerprint density at radius 3 is 2.00 bits per heavy atom. The van der Waals surface area contributed by atoms with Crippen molar-refractivity contribution in [3.63, 3.8) is 0 Å². The molecule has 3 aromatic carbocycles. The average molecular weight is 558 g/mol. The largest absolute Gasteiger partial charge is 0.480 e. The highest BCUT2D eigenvalue weighted by molar-refractivity contribution is 6.03. The van der Waals surface area contributed by atoms with Crippen molar-refractivity contribution in [1.29, 1.82) is 0 Å². The zero-order valence-corrected chi connectivity index (χ0v) is 23.0. The average Bonchev–Trinajstić information content (AvgIpc) is 3.33. The highest BCUT2D eigenvalue weighted by Crippen LogP contribution is 2.22. The fourth-order valence-corrected chi connectivity index (χ4v) is 4.86. The number of carbonyl (C=O) groups is 4. The van der Waals surface area contributed by atoms with Crippen molar-refractivity contribution < 1.29 is 29.0 Å². The van der Waals surface area contributed by atoms with Crippen molar-refractivity contribution in [2.75, 3.05) is 6.54 Å². The maximum absolute atomic E-state index is 13.7. The Labute approximate surface area is 239 Å². The molecular weight excluding hydrogens is 522 g/mol. The van der Waals surface area contributed by atoms with E-state index >= 15 is 0 Å². The van der Waals surface area contributed by atoms with Gasteiger partial charge in [0, 0.05) is 6.54 Å². The van der Waals surface area contributed by atoms with Gasteiger partial charge in [-0.25, -0.2) is 14.5 Å². The van der Waals surface area contributed by atoms with Gasteiger partial charge < -0.3 is 14.7 Å². The first kappa shape index (κ1) is 29.5. The van der Waals surface area contributed by atoms with Crippen LogP contribution in [0, 0.1) is 0 Å². The lowest BCUT2D eigenvalue weighted by molar-refractivity contribution is -0.150. The number of nitrogens with one attached hydrogen (secondary N) is 1. The lowest BCUT2D eigenvalue weighted by Crippen LogP contribution is -2.55. The van der Waals surface area contributed by atoms with Crippen LogP contribution in [0.4, 0.5) is 4.79 Å². The van der Waals surface area contributed by atoms with Crippen LogP contribution in [-0.2, 0) is 38.7 Å². The quantitative estimate of drug-likeness (QED) is 0.305. The normalized spacial score (nSPS) is 16.3. The molecule has 214 valence electrons. The second-order valence-corrected chi connectivity index (χ2v) is 10.0. The van der Waals surface area contributed by atoms with E-state index in [0.29, 0.717) is 12.8 Å². The number of hydrogen-bond donors (Lipinski definition) is 2. The van der Waals surface area contributed by atoms with Crippen LogP contribution < -0.4 is 5.32 Å². The van der Waals surface area contributed by atoms with E-state index in [1.165, 1.54) is 4.90 Å². The number of urea groups is 1. The van der Waals surface area contributed by atoms with Crippen LogP contribution >= 0.6 is 0 Å². The summed E-state index contributed by atoms with van der Waals surface area (Å²) in [7, 11) is 0. The van der Waals surface area contributed by atoms with Crippen LogP contribution in [0.25, 0.3) is 0 Å². The molecule has 9 heteroatoms. The molecule has 1 aliphatic heterocycles. The molecule has 4 rings (SSSR count).